The molecule has 2 nitrogen and oxygen atoms in total. The first kappa shape index (κ1) is 7.76. The van der Waals surface area contributed by atoms with E-state index in [-0.39, 0.29) is 12.0 Å². The van der Waals surface area contributed by atoms with Crippen molar-refractivity contribution in [3.8, 4) is 0 Å². The fourth-order valence-corrected chi connectivity index (χ4v) is 1.27. The number of aliphatic hydroxyl groups is 2. The lowest BCUT2D eigenvalue weighted by Gasteiger charge is -2.28. The maximum atomic E-state index is 9.39. The topological polar surface area (TPSA) is 40.5 Å². The van der Waals surface area contributed by atoms with Gasteiger partial charge in [-0.25, -0.2) is 0 Å². The van der Waals surface area contributed by atoms with E-state index in [9.17, 15) is 10.2 Å². The Kier molecular flexibility index (Phi) is 2.11. The Morgan fingerprint density at radius 2 is 2.10 bits per heavy atom. The van der Waals surface area contributed by atoms with Crippen LogP contribution in [0.2, 0.25) is 0 Å². The van der Waals surface area contributed by atoms with Crippen molar-refractivity contribution < 1.29 is 10.2 Å². The van der Waals surface area contributed by atoms with Gasteiger partial charge in [-0.05, 0) is 18.9 Å². The molecule has 1 aliphatic carbocycles. The molecule has 0 bridgehead atoms. The average Bonchev–Trinajstić information content (AvgIpc) is 1.93. The minimum absolute atomic E-state index is 0.00926. The Bertz CT molecular complexity index is 151. The maximum Gasteiger partial charge on any atom is 0.0797 e. The molecule has 0 aliphatic heterocycles. The second-order valence-electron chi connectivity index (χ2n) is 3.06. The van der Waals surface area contributed by atoms with Gasteiger partial charge in [0.15, 0.2) is 0 Å². The molecule has 0 radical (unpaired) electrons. The van der Waals surface area contributed by atoms with Crippen molar-refractivity contribution in [2.75, 3.05) is 0 Å². The van der Waals surface area contributed by atoms with E-state index in [0.29, 0.717) is 6.42 Å². The second-order valence-corrected chi connectivity index (χ2v) is 3.06. The fourth-order valence-electron chi connectivity index (χ4n) is 1.27. The summed E-state index contributed by atoms with van der Waals surface area (Å²) in [5, 5.41) is 18.6. The van der Waals surface area contributed by atoms with Gasteiger partial charge in [0.25, 0.3) is 0 Å². The van der Waals surface area contributed by atoms with Crippen LogP contribution in [0.5, 0.6) is 0 Å². The van der Waals surface area contributed by atoms with Crippen LogP contribution >= 0.6 is 0 Å². The Morgan fingerprint density at radius 1 is 1.50 bits per heavy atom. The highest BCUT2D eigenvalue weighted by Crippen LogP contribution is 2.23. The standard InChI is InChI=1S/C8H14O2/c1-5-3-4-7(9)6(2)8(5)10/h3,6-10H,4H2,1-2H3. The van der Waals surface area contributed by atoms with Crippen LogP contribution in [-0.4, -0.2) is 22.4 Å². The van der Waals surface area contributed by atoms with E-state index in [1.807, 2.05) is 19.9 Å². The summed E-state index contributed by atoms with van der Waals surface area (Å²) >= 11 is 0. The SMILES string of the molecule is CC1=CCC(O)C(C)C1O. The lowest BCUT2D eigenvalue weighted by atomic mass is 9.86. The lowest BCUT2D eigenvalue weighted by Crippen LogP contribution is -2.33. The second kappa shape index (κ2) is 2.72. The molecule has 0 amide bonds. The number of aliphatic hydroxyl groups excluding tert-OH is 2. The molecule has 0 aromatic heterocycles. The van der Waals surface area contributed by atoms with Crippen molar-refractivity contribution >= 4 is 0 Å². The van der Waals surface area contributed by atoms with Gasteiger partial charge in [0.1, 0.15) is 0 Å². The van der Waals surface area contributed by atoms with Crippen LogP contribution in [0.15, 0.2) is 11.6 Å². The van der Waals surface area contributed by atoms with Gasteiger partial charge < -0.3 is 10.2 Å². The summed E-state index contributed by atoms with van der Waals surface area (Å²) in [6.07, 6.45) is 1.78. The molecule has 58 valence electrons. The number of rotatable bonds is 0. The van der Waals surface area contributed by atoms with Crippen molar-refractivity contribution in [3.05, 3.63) is 11.6 Å². The highest BCUT2D eigenvalue weighted by atomic mass is 16.3. The van der Waals surface area contributed by atoms with Crippen LogP contribution in [0.25, 0.3) is 0 Å². The molecule has 2 N–H and O–H groups in total. The third kappa shape index (κ3) is 1.22. The van der Waals surface area contributed by atoms with Gasteiger partial charge in [-0.1, -0.05) is 13.0 Å². The van der Waals surface area contributed by atoms with Gasteiger partial charge in [-0.15, -0.1) is 0 Å². The van der Waals surface area contributed by atoms with Gasteiger partial charge in [-0.3, -0.25) is 0 Å². The van der Waals surface area contributed by atoms with Crippen LogP contribution in [0.1, 0.15) is 20.3 Å². The van der Waals surface area contributed by atoms with Crippen LogP contribution in [0, 0.1) is 5.92 Å². The summed E-state index contributed by atoms with van der Waals surface area (Å²) in [4.78, 5) is 0. The van der Waals surface area contributed by atoms with Crippen LogP contribution in [0.4, 0.5) is 0 Å². The molecule has 1 aliphatic rings. The first-order valence-corrected chi connectivity index (χ1v) is 3.65. The molecule has 3 atom stereocenters. The third-order valence-corrected chi connectivity index (χ3v) is 2.25. The molecule has 3 unspecified atom stereocenters. The highest BCUT2D eigenvalue weighted by Gasteiger charge is 2.26. The summed E-state index contributed by atoms with van der Waals surface area (Å²) < 4.78 is 0. The van der Waals surface area contributed by atoms with E-state index in [0.717, 1.165) is 5.57 Å². The summed E-state index contributed by atoms with van der Waals surface area (Å²) in [5.74, 6) is -0.00926. The summed E-state index contributed by atoms with van der Waals surface area (Å²) in [5.41, 5.74) is 0.984. The minimum atomic E-state index is -0.441. The van der Waals surface area contributed by atoms with Gasteiger partial charge in [0, 0.05) is 5.92 Å². The van der Waals surface area contributed by atoms with Crippen molar-refractivity contribution in [2.45, 2.75) is 32.5 Å². The molecule has 0 fully saturated rings. The van der Waals surface area contributed by atoms with Gasteiger partial charge in [-0.2, -0.15) is 0 Å². The predicted octanol–water partition coefficient (Wildman–Crippen LogP) is 0.694. The molecule has 0 spiro atoms. The van der Waals surface area contributed by atoms with Crippen molar-refractivity contribution in [1.82, 2.24) is 0 Å². The number of hydrogen-bond acceptors (Lipinski definition) is 2. The summed E-state index contributed by atoms with van der Waals surface area (Å²) in [6.45, 7) is 3.76. The quantitative estimate of drug-likeness (QED) is 0.489. The third-order valence-electron chi connectivity index (χ3n) is 2.25. The van der Waals surface area contributed by atoms with E-state index >= 15 is 0 Å². The van der Waals surface area contributed by atoms with Crippen LogP contribution in [0.3, 0.4) is 0 Å². The van der Waals surface area contributed by atoms with E-state index in [2.05, 4.69) is 0 Å². The normalized spacial score (nSPS) is 41.2. The predicted molar refractivity (Wildman–Crippen MR) is 39.6 cm³/mol. The molecule has 0 aromatic carbocycles. The van der Waals surface area contributed by atoms with Gasteiger partial charge in [0.05, 0.1) is 12.2 Å². The Morgan fingerprint density at radius 3 is 2.60 bits per heavy atom. The van der Waals surface area contributed by atoms with E-state index in [1.54, 1.807) is 0 Å². The summed E-state index contributed by atoms with van der Waals surface area (Å²) in [6, 6.07) is 0. The zero-order valence-electron chi connectivity index (χ0n) is 6.41. The van der Waals surface area contributed by atoms with Crippen molar-refractivity contribution in [3.63, 3.8) is 0 Å². The summed E-state index contributed by atoms with van der Waals surface area (Å²) in [7, 11) is 0. The largest absolute Gasteiger partial charge is 0.392 e. The molecule has 10 heavy (non-hydrogen) atoms. The van der Waals surface area contributed by atoms with Gasteiger partial charge in [0.2, 0.25) is 0 Å². The van der Waals surface area contributed by atoms with Gasteiger partial charge >= 0.3 is 0 Å². The smallest absolute Gasteiger partial charge is 0.0797 e. The Balaban J connectivity index is 2.71. The molecule has 0 heterocycles. The molecular formula is C8H14O2. The molecule has 2 heteroatoms. The zero-order valence-corrected chi connectivity index (χ0v) is 6.41. The molecule has 0 saturated heterocycles. The molecular weight excluding hydrogens is 128 g/mol. The van der Waals surface area contributed by atoms with Crippen LogP contribution < -0.4 is 0 Å². The van der Waals surface area contributed by atoms with E-state index in [4.69, 9.17) is 0 Å². The lowest BCUT2D eigenvalue weighted by molar-refractivity contribution is 0.0323. The minimum Gasteiger partial charge on any atom is -0.392 e. The number of hydrogen-bond donors (Lipinski definition) is 2. The molecule has 1 rings (SSSR count). The molecule has 0 saturated carbocycles. The van der Waals surface area contributed by atoms with Crippen LogP contribution in [-0.2, 0) is 0 Å². The highest BCUT2D eigenvalue weighted by molar-refractivity contribution is 5.11. The zero-order chi connectivity index (χ0) is 7.72. The molecule has 0 aromatic rings. The maximum absolute atomic E-state index is 9.39. The van der Waals surface area contributed by atoms with E-state index < -0.39 is 6.10 Å². The first-order chi connectivity index (χ1) is 4.63. The Labute approximate surface area is 61.2 Å². The van der Waals surface area contributed by atoms with Crippen molar-refractivity contribution in [2.24, 2.45) is 5.92 Å². The first-order valence-electron chi connectivity index (χ1n) is 3.65. The Hall–Kier alpha value is -0.340. The van der Waals surface area contributed by atoms with E-state index in [1.165, 1.54) is 0 Å². The fraction of sp³-hybridized carbons (Fsp3) is 0.750. The van der Waals surface area contributed by atoms with Crippen molar-refractivity contribution in [1.29, 1.82) is 0 Å². The monoisotopic (exact) mass is 142 g/mol. The average molecular weight is 142 g/mol.